The molecule has 4 rings (SSSR count). The zero-order valence-corrected chi connectivity index (χ0v) is 14.6. The lowest BCUT2D eigenvalue weighted by Crippen LogP contribution is -2.37. The minimum Gasteiger partial charge on any atom is -0.334 e. The second-order valence-corrected chi connectivity index (χ2v) is 7.29. The molecular formula is C22H23NO2. The molecule has 1 fully saturated rings. The van der Waals surface area contributed by atoms with E-state index >= 15 is 0 Å². The molecule has 2 aromatic rings. The van der Waals surface area contributed by atoms with E-state index in [9.17, 15) is 9.59 Å². The van der Waals surface area contributed by atoms with Crippen LogP contribution in [0.15, 0.2) is 42.5 Å². The van der Waals surface area contributed by atoms with Crippen LogP contribution in [0.25, 0.3) is 0 Å². The van der Waals surface area contributed by atoms with E-state index in [0.29, 0.717) is 6.54 Å². The van der Waals surface area contributed by atoms with Gasteiger partial charge in [-0.1, -0.05) is 43.3 Å². The first kappa shape index (κ1) is 16.1. The molecular weight excluding hydrogens is 310 g/mol. The van der Waals surface area contributed by atoms with Crippen molar-refractivity contribution in [2.75, 3.05) is 6.54 Å². The van der Waals surface area contributed by atoms with E-state index in [1.807, 2.05) is 17.0 Å². The van der Waals surface area contributed by atoms with Gasteiger partial charge in [-0.2, -0.15) is 0 Å². The number of nitrogens with zero attached hydrogens (tertiary/aromatic N) is 1. The number of hydrogen-bond acceptors (Lipinski definition) is 2. The molecule has 25 heavy (non-hydrogen) atoms. The van der Waals surface area contributed by atoms with Crippen molar-refractivity contribution in [2.24, 2.45) is 0 Å². The Kier molecular flexibility index (Phi) is 3.95. The predicted octanol–water partition coefficient (Wildman–Crippen LogP) is 3.68. The Morgan fingerprint density at radius 1 is 1.08 bits per heavy atom. The third-order valence-electron chi connectivity index (χ3n) is 5.67. The first-order chi connectivity index (χ1) is 12.1. The van der Waals surface area contributed by atoms with Crippen LogP contribution in [0.5, 0.6) is 0 Å². The van der Waals surface area contributed by atoms with E-state index in [-0.39, 0.29) is 11.3 Å². The highest BCUT2D eigenvalue weighted by molar-refractivity contribution is 5.97. The number of carbonyl (C=O) groups excluding carboxylic acids is 2. The van der Waals surface area contributed by atoms with Gasteiger partial charge in [0.1, 0.15) is 6.29 Å². The molecule has 1 saturated carbocycles. The maximum atomic E-state index is 12.8. The van der Waals surface area contributed by atoms with Gasteiger partial charge in [0.05, 0.1) is 5.41 Å². The highest BCUT2D eigenvalue weighted by Crippen LogP contribution is 2.46. The van der Waals surface area contributed by atoms with Crippen LogP contribution < -0.4 is 0 Å². The Hall–Kier alpha value is -2.42. The Morgan fingerprint density at radius 3 is 2.44 bits per heavy atom. The highest BCUT2D eigenvalue weighted by Gasteiger charge is 2.44. The zero-order chi connectivity index (χ0) is 17.4. The number of aldehydes is 1. The van der Waals surface area contributed by atoms with E-state index in [0.717, 1.165) is 55.2 Å². The molecule has 3 nitrogen and oxygen atoms in total. The molecule has 1 amide bonds. The SMILES string of the molecule is CCc1ccc(CN2CCc3cc(C4(C=O)CC4)ccc3C2=O)cc1. The molecule has 2 aliphatic rings. The largest absolute Gasteiger partial charge is 0.334 e. The second-order valence-electron chi connectivity index (χ2n) is 7.29. The fourth-order valence-corrected chi connectivity index (χ4v) is 3.71. The van der Waals surface area contributed by atoms with Crippen LogP contribution in [0.1, 0.15) is 52.4 Å². The van der Waals surface area contributed by atoms with Crippen LogP contribution in [0.4, 0.5) is 0 Å². The monoisotopic (exact) mass is 333 g/mol. The molecule has 2 aromatic carbocycles. The smallest absolute Gasteiger partial charge is 0.254 e. The van der Waals surface area contributed by atoms with Crippen LogP contribution in [0.2, 0.25) is 0 Å². The molecule has 1 aliphatic carbocycles. The second kappa shape index (κ2) is 6.14. The van der Waals surface area contributed by atoms with Crippen molar-refractivity contribution in [2.45, 2.75) is 44.6 Å². The topological polar surface area (TPSA) is 37.4 Å². The predicted molar refractivity (Wildman–Crippen MR) is 97.7 cm³/mol. The average Bonchev–Trinajstić information content (AvgIpc) is 3.46. The molecule has 0 spiro atoms. The lowest BCUT2D eigenvalue weighted by Gasteiger charge is -2.29. The van der Waals surface area contributed by atoms with Crippen molar-refractivity contribution in [3.05, 3.63) is 70.3 Å². The van der Waals surface area contributed by atoms with Gasteiger partial charge in [0.15, 0.2) is 0 Å². The molecule has 3 heteroatoms. The maximum Gasteiger partial charge on any atom is 0.254 e. The minimum atomic E-state index is -0.268. The van der Waals surface area contributed by atoms with Crippen LogP contribution in [0, 0.1) is 0 Å². The third-order valence-corrected chi connectivity index (χ3v) is 5.67. The molecule has 0 radical (unpaired) electrons. The molecule has 0 bridgehead atoms. The summed E-state index contributed by atoms with van der Waals surface area (Å²) >= 11 is 0. The van der Waals surface area contributed by atoms with Gasteiger partial charge in [0.25, 0.3) is 5.91 Å². The van der Waals surface area contributed by atoms with Crippen LogP contribution in [-0.2, 0) is 29.6 Å². The van der Waals surface area contributed by atoms with Gasteiger partial charge in [-0.25, -0.2) is 0 Å². The molecule has 1 aliphatic heterocycles. The number of amides is 1. The van der Waals surface area contributed by atoms with Crippen molar-refractivity contribution in [1.82, 2.24) is 4.90 Å². The average molecular weight is 333 g/mol. The fraction of sp³-hybridized carbons (Fsp3) is 0.364. The Balaban J connectivity index is 1.53. The van der Waals surface area contributed by atoms with E-state index in [4.69, 9.17) is 0 Å². The summed E-state index contributed by atoms with van der Waals surface area (Å²) in [7, 11) is 0. The number of rotatable bonds is 5. The summed E-state index contributed by atoms with van der Waals surface area (Å²) in [5.74, 6) is 0.100. The summed E-state index contributed by atoms with van der Waals surface area (Å²) in [6.07, 6.45) is 4.83. The van der Waals surface area contributed by atoms with Gasteiger partial charge < -0.3 is 9.69 Å². The Bertz CT molecular complexity index is 818. The first-order valence-electron chi connectivity index (χ1n) is 9.12. The first-order valence-corrected chi connectivity index (χ1v) is 9.12. The highest BCUT2D eigenvalue weighted by atomic mass is 16.2. The van der Waals surface area contributed by atoms with Gasteiger partial charge in [0.2, 0.25) is 0 Å². The summed E-state index contributed by atoms with van der Waals surface area (Å²) in [4.78, 5) is 26.1. The molecule has 1 heterocycles. The van der Waals surface area contributed by atoms with Crippen molar-refractivity contribution in [3.8, 4) is 0 Å². The van der Waals surface area contributed by atoms with Gasteiger partial charge >= 0.3 is 0 Å². The Morgan fingerprint density at radius 2 is 1.80 bits per heavy atom. The molecule has 0 atom stereocenters. The third kappa shape index (κ3) is 2.88. The molecule has 128 valence electrons. The van der Waals surface area contributed by atoms with Gasteiger partial charge in [-0.15, -0.1) is 0 Å². The lowest BCUT2D eigenvalue weighted by molar-refractivity contribution is -0.109. The van der Waals surface area contributed by atoms with Crippen molar-refractivity contribution < 1.29 is 9.59 Å². The van der Waals surface area contributed by atoms with Crippen LogP contribution in [-0.4, -0.2) is 23.6 Å². The minimum absolute atomic E-state index is 0.100. The molecule has 0 aromatic heterocycles. The number of aryl methyl sites for hydroxylation is 1. The van der Waals surface area contributed by atoms with Crippen molar-refractivity contribution >= 4 is 12.2 Å². The number of hydrogen-bond donors (Lipinski definition) is 0. The zero-order valence-electron chi connectivity index (χ0n) is 14.6. The van der Waals surface area contributed by atoms with Gasteiger partial charge in [-0.05, 0) is 54.0 Å². The van der Waals surface area contributed by atoms with Crippen LogP contribution in [0.3, 0.4) is 0 Å². The van der Waals surface area contributed by atoms with E-state index in [2.05, 4.69) is 37.3 Å². The lowest BCUT2D eigenvalue weighted by atomic mass is 9.90. The van der Waals surface area contributed by atoms with E-state index < -0.39 is 0 Å². The number of benzene rings is 2. The molecule has 0 unspecified atom stereocenters. The van der Waals surface area contributed by atoms with E-state index in [1.54, 1.807) is 0 Å². The molecule has 0 N–H and O–H groups in total. The Labute approximate surface area is 148 Å². The van der Waals surface area contributed by atoms with Crippen molar-refractivity contribution in [3.63, 3.8) is 0 Å². The van der Waals surface area contributed by atoms with Gasteiger partial charge in [-0.3, -0.25) is 4.79 Å². The fourth-order valence-electron chi connectivity index (χ4n) is 3.71. The standard InChI is InChI=1S/C22H23NO2/c1-2-16-3-5-17(6-4-16)14-23-12-9-18-13-19(22(15-24)10-11-22)7-8-20(18)21(23)25/h3-8,13,15H,2,9-12,14H2,1H3. The van der Waals surface area contributed by atoms with Gasteiger partial charge in [0, 0.05) is 18.7 Å². The summed E-state index contributed by atoms with van der Waals surface area (Å²) in [6, 6.07) is 14.5. The maximum absolute atomic E-state index is 12.8. The number of carbonyl (C=O) groups is 2. The number of fused-ring (bicyclic) bond motifs is 1. The van der Waals surface area contributed by atoms with Crippen LogP contribution >= 0.6 is 0 Å². The summed E-state index contributed by atoms with van der Waals surface area (Å²) in [5, 5.41) is 0. The normalized spacial score (nSPS) is 18.0. The molecule has 0 saturated heterocycles. The summed E-state index contributed by atoms with van der Waals surface area (Å²) in [6.45, 7) is 3.53. The quantitative estimate of drug-likeness (QED) is 0.783. The van der Waals surface area contributed by atoms with E-state index in [1.165, 1.54) is 11.1 Å². The van der Waals surface area contributed by atoms with Crippen molar-refractivity contribution in [1.29, 1.82) is 0 Å². The summed E-state index contributed by atoms with van der Waals surface area (Å²) < 4.78 is 0. The summed E-state index contributed by atoms with van der Waals surface area (Å²) in [5.41, 5.74) is 5.18.